The van der Waals surface area contributed by atoms with Gasteiger partial charge in [0.05, 0.1) is 11.4 Å². The Bertz CT molecular complexity index is 433. The van der Waals surface area contributed by atoms with E-state index in [1.165, 1.54) is 0 Å². The molecule has 1 N–H and O–H groups in total. The molecule has 0 aliphatic heterocycles. The van der Waals surface area contributed by atoms with Gasteiger partial charge in [0.2, 0.25) is 0 Å². The summed E-state index contributed by atoms with van der Waals surface area (Å²) in [5.41, 5.74) is 4.65. The van der Waals surface area contributed by atoms with Crippen LogP contribution in [0.3, 0.4) is 0 Å². The van der Waals surface area contributed by atoms with E-state index in [1.54, 1.807) is 7.05 Å². The maximum Gasteiger partial charge on any atom is 0.147 e. The second-order valence-electron chi connectivity index (χ2n) is 3.20. The van der Waals surface area contributed by atoms with Crippen molar-refractivity contribution in [1.29, 1.82) is 0 Å². The molecule has 15 heavy (non-hydrogen) atoms. The minimum absolute atomic E-state index is 0.783. The first kappa shape index (κ1) is 9.73. The second kappa shape index (κ2) is 4.14. The molecule has 4 heteroatoms. The summed E-state index contributed by atoms with van der Waals surface area (Å²) in [7, 11) is 1.73. The normalized spacial score (nSPS) is 10.3. The molecule has 0 bridgehead atoms. The van der Waals surface area contributed by atoms with E-state index in [0.29, 0.717) is 0 Å². The number of rotatable bonds is 3. The molecule has 4 nitrogen and oxygen atoms in total. The number of hydroxylamine groups is 1. The number of aromatic nitrogens is 2. The lowest BCUT2D eigenvalue weighted by atomic mass is 10.3. The van der Waals surface area contributed by atoms with Crippen LogP contribution in [0, 0.1) is 6.92 Å². The average Bonchev–Trinajstić information content (AvgIpc) is 2.67. The van der Waals surface area contributed by atoms with E-state index in [9.17, 15) is 0 Å². The van der Waals surface area contributed by atoms with Crippen LogP contribution in [-0.2, 0) is 0 Å². The van der Waals surface area contributed by atoms with Gasteiger partial charge in [-0.3, -0.25) is 0 Å². The third-order valence-electron chi connectivity index (χ3n) is 2.04. The minimum atomic E-state index is 0.783. The highest BCUT2D eigenvalue weighted by Gasteiger charge is 1.98. The SMILES string of the molecule is CNOc1ccc(-n2ccc(C)n2)cc1. The number of aryl methyl sites for hydroxylation is 1. The Balaban J connectivity index is 2.23. The maximum atomic E-state index is 5.12. The topological polar surface area (TPSA) is 39.1 Å². The lowest BCUT2D eigenvalue weighted by Gasteiger charge is -2.04. The summed E-state index contributed by atoms with van der Waals surface area (Å²) in [5, 5.41) is 4.32. The Labute approximate surface area is 88.4 Å². The zero-order chi connectivity index (χ0) is 10.7. The van der Waals surface area contributed by atoms with Gasteiger partial charge < -0.3 is 4.84 Å². The summed E-state index contributed by atoms with van der Waals surface area (Å²) in [6.07, 6.45) is 1.93. The fourth-order valence-electron chi connectivity index (χ4n) is 1.34. The molecule has 0 unspecified atom stereocenters. The van der Waals surface area contributed by atoms with Gasteiger partial charge in [-0.05, 0) is 37.3 Å². The van der Waals surface area contributed by atoms with Gasteiger partial charge in [0.1, 0.15) is 5.75 Å². The third kappa shape index (κ3) is 2.16. The van der Waals surface area contributed by atoms with E-state index in [4.69, 9.17) is 4.84 Å². The van der Waals surface area contributed by atoms with Crippen LogP contribution in [0.2, 0.25) is 0 Å². The van der Waals surface area contributed by atoms with Crippen molar-refractivity contribution >= 4 is 0 Å². The quantitative estimate of drug-likeness (QED) is 0.771. The smallest absolute Gasteiger partial charge is 0.147 e. The van der Waals surface area contributed by atoms with Gasteiger partial charge in [-0.2, -0.15) is 10.6 Å². The molecule has 0 amide bonds. The van der Waals surface area contributed by atoms with Crippen molar-refractivity contribution in [2.24, 2.45) is 0 Å². The fourth-order valence-corrected chi connectivity index (χ4v) is 1.34. The lowest BCUT2D eigenvalue weighted by molar-refractivity contribution is 0.224. The first-order chi connectivity index (χ1) is 7.29. The molecule has 1 aromatic carbocycles. The lowest BCUT2D eigenvalue weighted by Crippen LogP contribution is -2.10. The molecule has 1 heterocycles. The number of benzene rings is 1. The van der Waals surface area contributed by atoms with Crippen molar-refractivity contribution in [3.63, 3.8) is 0 Å². The van der Waals surface area contributed by atoms with Gasteiger partial charge in [0.25, 0.3) is 0 Å². The van der Waals surface area contributed by atoms with Gasteiger partial charge >= 0.3 is 0 Å². The largest absolute Gasteiger partial charge is 0.409 e. The van der Waals surface area contributed by atoms with Crippen LogP contribution >= 0.6 is 0 Å². The molecule has 0 aliphatic carbocycles. The highest BCUT2D eigenvalue weighted by Crippen LogP contribution is 2.14. The molecule has 78 valence electrons. The number of hydrogen-bond donors (Lipinski definition) is 1. The van der Waals surface area contributed by atoms with Crippen LogP contribution in [0.15, 0.2) is 36.5 Å². The van der Waals surface area contributed by atoms with E-state index >= 15 is 0 Å². The first-order valence-corrected chi connectivity index (χ1v) is 4.76. The van der Waals surface area contributed by atoms with E-state index in [0.717, 1.165) is 17.1 Å². The predicted octanol–water partition coefficient (Wildman–Crippen LogP) is 1.69. The number of nitrogens with one attached hydrogen (secondary N) is 1. The zero-order valence-electron chi connectivity index (χ0n) is 8.77. The van der Waals surface area contributed by atoms with Gasteiger partial charge in [-0.25, -0.2) is 4.68 Å². The van der Waals surface area contributed by atoms with Crippen LogP contribution in [0.1, 0.15) is 5.69 Å². The Morgan fingerprint density at radius 1 is 1.20 bits per heavy atom. The minimum Gasteiger partial charge on any atom is -0.409 e. The Morgan fingerprint density at radius 2 is 1.93 bits per heavy atom. The molecular formula is C11H13N3O. The molecule has 0 aliphatic rings. The maximum absolute atomic E-state index is 5.12. The van der Waals surface area contributed by atoms with E-state index in [2.05, 4.69) is 10.6 Å². The summed E-state index contributed by atoms with van der Waals surface area (Å²) < 4.78 is 1.83. The molecule has 0 spiro atoms. The Hall–Kier alpha value is -1.81. The van der Waals surface area contributed by atoms with Crippen LogP contribution in [0.25, 0.3) is 5.69 Å². The summed E-state index contributed by atoms with van der Waals surface area (Å²) in [6.45, 7) is 1.97. The van der Waals surface area contributed by atoms with Gasteiger partial charge in [0.15, 0.2) is 0 Å². The molecule has 1 aromatic heterocycles. The number of hydrogen-bond acceptors (Lipinski definition) is 3. The molecular weight excluding hydrogens is 190 g/mol. The fraction of sp³-hybridized carbons (Fsp3) is 0.182. The highest BCUT2D eigenvalue weighted by molar-refractivity contribution is 5.36. The van der Waals surface area contributed by atoms with E-state index in [1.807, 2.05) is 48.1 Å². The molecule has 0 saturated heterocycles. The average molecular weight is 203 g/mol. The van der Waals surface area contributed by atoms with Gasteiger partial charge in [-0.1, -0.05) is 0 Å². The van der Waals surface area contributed by atoms with Crippen molar-refractivity contribution in [3.8, 4) is 11.4 Å². The first-order valence-electron chi connectivity index (χ1n) is 4.76. The molecule has 0 saturated carbocycles. The monoisotopic (exact) mass is 203 g/mol. The molecule has 0 atom stereocenters. The molecule has 2 aromatic rings. The van der Waals surface area contributed by atoms with Crippen LogP contribution < -0.4 is 10.3 Å². The number of nitrogens with zero attached hydrogens (tertiary/aromatic N) is 2. The second-order valence-corrected chi connectivity index (χ2v) is 3.20. The molecule has 0 fully saturated rings. The van der Waals surface area contributed by atoms with Crippen molar-refractivity contribution < 1.29 is 4.84 Å². The van der Waals surface area contributed by atoms with Crippen molar-refractivity contribution in [1.82, 2.24) is 15.3 Å². The van der Waals surface area contributed by atoms with Crippen molar-refractivity contribution in [3.05, 3.63) is 42.2 Å². The summed E-state index contributed by atoms with van der Waals surface area (Å²) in [4.78, 5) is 5.12. The summed E-state index contributed by atoms with van der Waals surface area (Å²) >= 11 is 0. The Morgan fingerprint density at radius 3 is 2.47 bits per heavy atom. The van der Waals surface area contributed by atoms with E-state index < -0.39 is 0 Å². The Kier molecular flexibility index (Phi) is 2.69. The molecule has 2 rings (SSSR count). The van der Waals surface area contributed by atoms with Crippen LogP contribution in [0.4, 0.5) is 0 Å². The predicted molar refractivity (Wildman–Crippen MR) is 58.0 cm³/mol. The van der Waals surface area contributed by atoms with Crippen molar-refractivity contribution in [2.75, 3.05) is 7.05 Å². The van der Waals surface area contributed by atoms with Gasteiger partial charge in [0, 0.05) is 13.2 Å². The van der Waals surface area contributed by atoms with E-state index in [-0.39, 0.29) is 0 Å². The molecule has 0 radical (unpaired) electrons. The van der Waals surface area contributed by atoms with Gasteiger partial charge in [-0.15, -0.1) is 0 Å². The highest BCUT2D eigenvalue weighted by atomic mass is 16.6. The van der Waals surface area contributed by atoms with Crippen molar-refractivity contribution in [2.45, 2.75) is 6.92 Å². The summed E-state index contributed by atoms with van der Waals surface area (Å²) in [5.74, 6) is 0.783. The standard InChI is InChI=1S/C11H13N3O/c1-9-7-8-14(13-9)10-3-5-11(6-4-10)15-12-2/h3-8,12H,1-2H3. The zero-order valence-corrected chi connectivity index (χ0v) is 8.77. The van der Waals surface area contributed by atoms with Crippen LogP contribution in [0.5, 0.6) is 5.75 Å². The third-order valence-corrected chi connectivity index (χ3v) is 2.04. The summed E-state index contributed by atoms with van der Waals surface area (Å²) in [6, 6.07) is 9.67. The van der Waals surface area contributed by atoms with Crippen LogP contribution in [-0.4, -0.2) is 16.8 Å².